The zero-order valence-corrected chi connectivity index (χ0v) is 16.7. The van der Waals surface area contributed by atoms with E-state index < -0.39 is 28.8 Å². The molecule has 2 aromatic carbocycles. The van der Waals surface area contributed by atoms with E-state index in [1.807, 2.05) is 30.3 Å². The summed E-state index contributed by atoms with van der Waals surface area (Å²) >= 11 is 1.38. The van der Waals surface area contributed by atoms with Crippen LogP contribution in [-0.4, -0.2) is 26.7 Å². The first-order valence-corrected chi connectivity index (χ1v) is 10.0. The van der Waals surface area contributed by atoms with Gasteiger partial charge in [-0.3, -0.25) is 9.59 Å². The number of aromatic nitrogens is 3. The van der Waals surface area contributed by atoms with Crippen molar-refractivity contribution >= 4 is 22.9 Å². The van der Waals surface area contributed by atoms with Gasteiger partial charge in [0, 0.05) is 42.3 Å². The minimum absolute atomic E-state index is 0.102. The second kappa shape index (κ2) is 8.65. The van der Waals surface area contributed by atoms with Crippen molar-refractivity contribution in [1.29, 1.82) is 0 Å². The summed E-state index contributed by atoms with van der Waals surface area (Å²) in [4.78, 5) is 27.5. The Morgan fingerprint density at radius 2 is 1.68 bits per heavy atom. The van der Waals surface area contributed by atoms with Crippen LogP contribution < -0.4 is 0 Å². The number of rotatable bonds is 7. The molecule has 9 heteroatoms. The fraction of sp³-hybridized carbons (Fsp3) is 0.0909. The molecule has 0 aliphatic rings. The third-order valence-corrected chi connectivity index (χ3v) is 5.57. The Kier molecular flexibility index (Phi) is 5.77. The Bertz CT molecular complexity index is 1250. The molecule has 1 N–H and O–H groups in total. The van der Waals surface area contributed by atoms with Crippen LogP contribution in [0.2, 0.25) is 0 Å². The second-order valence-electron chi connectivity index (χ2n) is 6.67. The number of halogens is 3. The molecule has 2 heterocycles. The van der Waals surface area contributed by atoms with Gasteiger partial charge in [0.1, 0.15) is 27.5 Å². The van der Waals surface area contributed by atoms with Crippen molar-refractivity contribution in [3.8, 4) is 10.6 Å². The third kappa shape index (κ3) is 4.46. The number of aryl methyl sites for hydroxylation is 1. The number of hydrogen-bond donors (Lipinski definition) is 1. The van der Waals surface area contributed by atoms with Crippen LogP contribution in [0, 0.1) is 17.5 Å². The number of carbonyl (C=O) groups is 2. The molecule has 0 spiro atoms. The molecule has 4 aromatic rings. The zero-order valence-electron chi connectivity index (χ0n) is 15.9. The first kappa shape index (κ1) is 20.7. The summed E-state index contributed by atoms with van der Waals surface area (Å²) in [5.41, 5.74) is 0.0844. The van der Waals surface area contributed by atoms with Crippen molar-refractivity contribution in [2.24, 2.45) is 0 Å². The SMILES string of the molecule is O=C(CCc1nnc(-c2ccccc2)s1)c1cc(C(=O)c2c(F)cc(F)cc2F)c[nH]1. The lowest BCUT2D eigenvalue weighted by Crippen LogP contribution is -2.07. The Balaban J connectivity index is 1.43. The highest BCUT2D eigenvalue weighted by Gasteiger charge is 2.22. The standard InChI is InChI=1S/C22H14F3N3O2S/c23-14-9-15(24)20(16(25)10-14)21(30)13-8-17(26-11-13)18(29)6-7-19-27-28-22(31-19)12-4-2-1-3-5-12/h1-5,8-11,26H,6-7H2. The lowest BCUT2D eigenvalue weighted by atomic mass is 10.0. The Labute approximate surface area is 178 Å². The van der Waals surface area contributed by atoms with E-state index in [9.17, 15) is 22.8 Å². The highest BCUT2D eigenvalue weighted by atomic mass is 32.1. The summed E-state index contributed by atoms with van der Waals surface area (Å²) in [5, 5.41) is 9.66. The summed E-state index contributed by atoms with van der Waals surface area (Å²) in [6, 6.07) is 11.6. The molecule has 0 bridgehead atoms. The van der Waals surface area contributed by atoms with Crippen molar-refractivity contribution in [2.45, 2.75) is 12.8 Å². The Morgan fingerprint density at radius 3 is 2.39 bits per heavy atom. The normalized spacial score (nSPS) is 10.9. The van der Waals surface area contributed by atoms with Gasteiger partial charge >= 0.3 is 0 Å². The highest BCUT2D eigenvalue weighted by molar-refractivity contribution is 7.14. The largest absolute Gasteiger partial charge is 0.358 e. The fourth-order valence-corrected chi connectivity index (χ4v) is 3.84. The van der Waals surface area contributed by atoms with Gasteiger partial charge in [-0.15, -0.1) is 10.2 Å². The monoisotopic (exact) mass is 441 g/mol. The molecule has 2 aromatic heterocycles. The van der Waals surface area contributed by atoms with Crippen LogP contribution in [0.25, 0.3) is 10.6 Å². The number of nitrogens with one attached hydrogen (secondary N) is 1. The highest BCUT2D eigenvalue weighted by Crippen LogP contribution is 2.24. The number of hydrogen-bond acceptors (Lipinski definition) is 5. The van der Waals surface area contributed by atoms with E-state index in [-0.39, 0.29) is 23.5 Å². The third-order valence-electron chi connectivity index (χ3n) is 4.53. The topological polar surface area (TPSA) is 75.7 Å². The average molecular weight is 441 g/mol. The van der Waals surface area contributed by atoms with Gasteiger partial charge in [0.25, 0.3) is 0 Å². The van der Waals surface area contributed by atoms with Gasteiger partial charge in [-0.05, 0) is 6.07 Å². The molecular formula is C22H14F3N3O2S. The molecule has 31 heavy (non-hydrogen) atoms. The molecule has 0 amide bonds. The van der Waals surface area contributed by atoms with Crippen molar-refractivity contribution < 1.29 is 22.8 Å². The van der Waals surface area contributed by atoms with E-state index >= 15 is 0 Å². The van der Waals surface area contributed by atoms with Crippen LogP contribution in [-0.2, 0) is 6.42 Å². The van der Waals surface area contributed by atoms with Crippen molar-refractivity contribution in [3.05, 3.63) is 94.0 Å². The lowest BCUT2D eigenvalue weighted by molar-refractivity contribution is 0.0978. The molecule has 0 fully saturated rings. The predicted octanol–water partition coefficient (Wildman–Crippen LogP) is 5.00. The van der Waals surface area contributed by atoms with E-state index in [2.05, 4.69) is 15.2 Å². The summed E-state index contributed by atoms with van der Waals surface area (Å²) in [5.74, 6) is -5.01. The smallest absolute Gasteiger partial charge is 0.200 e. The first-order chi connectivity index (χ1) is 14.9. The van der Waals surface area contributed by atoms with Gasteiger partial charge < -0.3 is 4.98 Å². The number of nitrogens with zero attached hydrogens (tertiary/aromatic N) is 2. The molecular weight excluding hydrogens is 427 g/mol. The molecule has 0 atom stereocenters. The van der Waals surface area contributed by atoms with Crippen LogP contribution in [0.4, 0.5) is 13.2 Å². The maximum Gasteiger partial charge on any atom is 0.200 e. The lowest BCUT2D eigenvalue weighted by Gasteiger charge is -2.02. The quantitative estimate of drug-likeness (QED) is 0.410. The van der Waals surface area contributed by atoms with E-state index in [1.165, 1.54) is 23.6 Å². The fourth-order valence-electron chi connectivity index (χ4n) is 3.00. The summed E-state index contributed by atoms with van der Waals surface area (Å²) in [6.07, 6.45) is 1.65. The van der Waals surface area contributed by atoms with Crippen LogP contribution in [0.5, 0.6) is 0 Å². The Morgan fingerprint density at radius 1 is 0.968 bits per heavy atom. The number of H-pyrrole nitrogens is 1. The molecule has 0 aliphatic heterocycles. The first-order valence-electron chi connectivity index (χ1n) is 9.21. The van der Waals surface area contributed by atoms with Crippen molar-refractivity contribution in [2.75, 3.05) is 0 Å². The minimum atomic E-state index is -1.30. The van der Waals surface area contributed by atoms with E-state index in [0.717, 1.165) is 10.6 Å². The maximum atomic E-state index is 13.9. The summed E-state index contributed by atoms with van der Waals surface area (Å²) in [6.45, 7) is 0. The number of Topliss-reactive ketones (excluding diaryl/α,β-unsaturated/α-hetero) is 1. The second-order valence-corrected chi connectivity index (χ2v) is 7.73. The molecule has 0 saturated carbocycles. The average Bonchev–Trinajstić information content (AvgIpc) is 3.42. The molecule has 0 unspecified atom stereocenters. The van der Waals surface area contributed by atoms with Gasteiger partial charge in [0.2, 0.25) is 0 Å². The van der Waals surface area contributed by atoms with Crippen LogP contribution in [0.15, 0.2) is 54.7 Å². The van der Waals surface area contributed by atoms with Crippen molar-refractivity contribution in [3.63, 3.8) is 0 Å². The number of ketones is 2. The van der Waals surface area contributed by atoms with E-state index in [0.29, 0.717) is 23.6 Å². The summed E-state index contributed by atoms with van der Waals surface area (Å²) in [7, 11) is 0. The molecule has 5 nitrogen and oxygen atoms in total. The van der Waals surface area contributed by atoms with Gasteiger partial charge in [-0.25, -0.2) is 13.2 Å². The molecule has 0 aliphatic carbocycles. The molecule has 0 saturated heterocycles. The predicted molar refractivity (Wildman–Crippen MR) is 109 cm³/mol. The number of aromatic amines is 1. The van der Waals surface area contributed by atoms with E-state index in [4.69, 9.17) is 0 Å². The molecule has 156 valence electrons. The Hall–Kier alpha value is -3.59. The van der Waals surface area contributed by atoms with Gasteiger partial charge in [-0.2, -0.15) is 0 Å². The molecule has 4 rings (SSSR count). The van der Waals surface area contributed by atoms with Gasteiger partial charge in [0.05, 0.1) is 11.3 Å². The van der Waals surface area contributed by atoms with Crippen LogP contribution >= 0.6 is 11.3 Å². The van der Waals surface area contributed by atoms with Crippen LogP contribution in [0.3, 0.4) is 0 Å². The minimum Gasteiger partial charge on any atom is -0.358 e. The van der Waals surface area contributed by atoms with Gasteiger partial charge in [0.15, 0.2) is 11.6 Å². The molecule has 0 radical (unpaired) electrons. The maximum absolute atomic E-state index is 13.9. The summed E-state index contributed by atoms with van der Waals surface area (Å²) < 4.78 is 40.8. The van der Waals surface area contributed by atoms with Crippen molar-refractivity contribution in [1.82, 2.24) is 15.2 Å². The zero-order chi connectivity index (χ0) is 22.0. The number of carbonyl (C=O) groups excluding carboxylic acids is 2. The van der Waals surface area contributed by atoms with Gasteiger partial charge in [-0.1, -0.05) is 41.7 Å². The van der Waals surface area contributed by atoms with E-state index in [1.54, 1.807) is 0 Å². The number of benzene rings is 2. The van der Waals surface area contributed by atoms with Crippen LogP contribution in [0.1, 0.15) is 37.8 Å².